The minimum atomic E-state index is -0.273. The molecule has 1 aromatic carbocycles. The van der Waals surface area contributed by atoms with Crippen LogP contribution in [0.2, 0.25) is 0 Å². The van der Waals surface area contributed by atoms with Gasteiger partial charge in [0.2, 0.25) is 5.91 Å². The molecule has 110 valence electrons. The molecule has 4 N–H and O–H groups in total. The van der Waals surface area contributed by atoms with Crippen LogP contribution >= 0.6 is 11.3 Å². The zero-order chi connectivity index (χ0) is 15.2. The quantitative estimate of drug-likeness (QED) is 0.771. The molecule has 21 heavy (non-hydrogen) atoms. The molecule has 2 rings (SSSR count). The van der Waals surface area contributed by atoms with Gasteiger partial charge in [0.1, 0.15) is 10.7 Å². The molecule has 0 unspecified atom stereocenters. The van der Waals surface area contributed by atoms with E-state index in [0.717, 1.165) is 10.6 Å². The molecular formula is C14H16N4O2S. The van der Waals surface area contributed by atoms with E-state index >= 15 is 0 Å². The summed E-state index contributed by atoms with van der Waals surface area (Å²) in [6, 6.07) is 7.12. The van der Waals surface area contributed by atoms with Crippen molar-refractivity contribution in [3.63, 3.8) is 0 Å². The summed E-state index contributed by atoms with van der Waals surface area (Å²) in [6.45, 7) is 0.326. The van der Waals surface area contributed by atoms with E-state index < -0.39 is 0 Å². The van der Waals surface area contributed by atoms with Gasteiger partial charge in [-0.25, -0.2) is 4.98 Å². The topological polar surface area (TPSA) is 97.1 Å². The first-order valence-corrected chi connectivity index (χ1v) is 7.25. The van der Waals surface area contributed by atoms with Crippen molar-refractivity contribution in [2.24, 2.45) is 5.73 Å². The largest absolute Gasteiger partial charge is 0.359 e. The number of anilines is 1. The first-order chi connectivity index (χ1) is 10.1. The lowest BCUT2D eigenvalue weighted by Gasteiger charge is -2.05. The number of nitrogens with zero attached hydrogens (tertiary/aromatic N) is 1. The molecule has 0 saturated carbocycles. The van der Waals surface area contributed by atoms with Crippen LogP contribution in [-0.2, 0) is 17.8 Å². The van der Waals surface area contributed by atoms with Crippen LogP contribution in [0.25, 0.3) is 0 Å². The van der Waals surface area contributed by atoms with E-state index in [-0.39, 0.29) is 11.8 Å². The smallest absolute Gasteiger partial charge is 0.275 e. The maximum absolute atomic E-state index is 12.0. The highest BCUT2D eigenvalue weighted by atomic mass is 32.1. The molecule has 2 amide bonds. The van der Waals surface area contributed by atoms with Crippen molar-refractivity contribution in [1.82, 2.24) is 10.3 Å². The average Bonchev–Trinajstić information content (AvgIpc) is 2.98. The predicted molar refractivity (Wildman–Crippen MR) is 82.2 cm³/mol. The van der Waals surface area contributed by atoms with E-state index in [0.29, 0.717) is 24.3 Å². The summed E-state index contributed by atoms with van der Waals surface area (Å²) in [5, 5.41) is 7.72. The molecule has 0 atom stereocenters. The van der Waals surface area contributed by atoms with Crippen molar-refractivity contribution in [3.8, 4) is 0 Å². The number of benzene rings is 1. The van der Waals surface area contributed by atoms with Gasteiger partial charge in [0.25, 0.3) is 5.91 Å². The van der Waals surface area contributed by atoms with Gasteiger partial charge in [0.05, 0.1) is 6.42 Å². The molecule has 0 aliphatic heterocycles. The molecule has 1 aromatic heterocycles. The van der Waals surface area contributed by atoms with Crippen molar-refractivity contribution >= 4 is 28.8 Å². The fourth-order valence-electron chi connectivity index (χ4n) is 1.68. The Kier molecular flexibility index (Phi) is 5.02. The van der Waals surface area contributed by atoms with Gasteiger partial charge in [-0.1, -0.05) is 12.1 Å². The minimum absolute atomic E-state index is 0.0522. The predicted octanol–water partition coefficient (Wildman–Crippen LogP) is 1.14. The molecule has 7 heteroatoms. The third-order valence-corrected chi connectivity index (χ3v) is 3.69. The van der Waals surface area contributed by atoms with Crippen LogP contribution in [-0.4, -0.2) is 23.8 Å². The molecular weight excluding hydrogens is 288 g/mol. The van der Waals surface area contributed by atoms with Crippen LogP contribution in [0.4, 0.5) is 5.69 Å². The summed E-state index contributed by atoms with van der Waals surface area (Å²) < 4.78 is 0. The van der Waals surface area contributed by atoms with E-state index in [1.165, 1.54) is 11.3 Å². The highest BCUT2D eigenvalue weighted by Gasteiger charge is 2.10. The highest BCUT2D eigenvalue weighted by molar-refractivity contribution is 7.09. The lowest BCUT2D eigenvalue weighted by molar-refractivity contribution is -0.119. The number of carbonyl (C=O) groups is 2. The third-order valence-electron chi connectivity index (χ3n) is 2.81. The Balaban J connectivity index is 1.99. The molecule has 2 aromatic rings. The average molecular weight is 304 g/mol. The Labute approximate surface area is 126 Å². The first kappa shape index (κ1) is 15.1. The third kappa shape index (κ3) is 4.11. The minimum Gasteiger partial charge on any atom is -0.359 e. The summed E-state index contributed by atoms with van der Waals surface area (Å²) in [5.41, 5.74) is 7.36. The number of nitrogens with one attached hydrogen (secondary N) is 2. The number of thiazole rings is 1. The number of rotatable bonds is 5. The van der Waals surface area contributed by atoms with E-state index in [9.17, 15) is 9.59 Å². The van der Waals surface area contributed by atoms with Crippen LogP contribution in [0, 0.1) is 0 Å². The Bertz CT molecular complexity index is 637. The van der Waals surface area contributed by atoms with Crippen LogP contribution in [0.3, 0.4) is 0 Å². The number of carbonyl (C=O) groups excluding carboxylic acids is 2. The molecule has 0 aliphatic carbocycles. The Morgan fingerprint density at radius 3 is 2.57 bits per heavy atom. The van der Waals surface area contributed by atoms with Gasteiger partial charge in [0, 0.05) is 24.7 Å². The molecule has 1 heterocycles. The summed E-state index contributed by atoms with van der Waals surface area (Å²) in [4.78, 5) is 27.4. The summed E-state index contributed by atoms with van der Waals surface area (Å²) >= 11 is 1.36. The molecule has 0 saturated heterocycles. The van der Waals surface area contributed by atoms with Gasteiger partial charge in [-0.3, -0.25) is 9.59 Å². The molecule has 0 spiro atoms. The van der Waals surface area contributed by atoms with Gasteiger partial charge < -0.3 is 16.4 Å². The van der Waals surface area contributed by atoms with Crippen molar-refractivity contribution in [2.75, 3.05) is 12.4 Å². The Hall–Kier alpha value is -2.25. The zero-order valence-electron chi connectivity index (χ0n) is 11.6. The van der Waals surface area contributed by atoms with Gasteiger partial charge >= 0.3 is 0 Å². The van der Waals surface area contributed by atoms with Crippen molar-refractivity contribution < 1.29 is 9.59 Å². The normalized spacial score (nSPS) is 10.2. The number of likely N-dealkylation sites (N-methyl/N-ethyl adjacent to an activating group) is 1. The number of hydrogen-bond acceptors (Lipinski definition) is 5. The standard InChI is InChI=1S/C14H16N4O2S/c1-16-12(19)6-9-2-4-10(5-3-9)17-14(20)11-8-21-13(7-15)18-11/h2-5,8H,6-7,15H2,1H3,(H,16,19)(H,17,20). The second-order valence-electron chi connectivity index (χ2n) is 4.33. The SMILES string of the molecule is CNC(=O)Cc1ccc(NC(=O)c2csc(CN)n2)cc1. The Morgan fingerprint density at radius 1 is 1.29 bits per heavy atom. The maximum Gasteiger partial charge on any atom is 0.275 e. The zero-order valence-corrected chi connectivity index (χ0v) is 12.4. The molecule has 6 nitrogen and oxygen atoms in total. The lowest BCUT2D eigenvalue weighted by Crippen LogP contribution is -2.19. The first-order valence-electron chi connectivity index (χ1n) is 6.37. The van der Waals surface area contributed by atoms with Gasteiger partial charge in [-0.2, -0.15) is 0 Å². The summed E-state index contributed by atoms with van der Waals surface area (Å²) in [5.74, 6) is -0.325. The van der Waals surface area contributed by atoms with E-state index in [1.807, 2.05) is 0 Å². The van der Waals surface area contributed by atoms with Gasteiger partial charge in [-0.05, 0) is 17.7 Å². The molecule has 0 radical (unpaired) electrons. The van der Waals surface area contributed by atoms with Crippen LogP contribution < -0.4 is 16.4 Å². The summed E-state index contributed by atoms with van der Waals surface area (Å²) in [7, 11) is 1.60. The second-order valence-corrected chi connectivity index (χ2v) is 5.27. The van der Waals surface area contributed by atoms with Crippen molar-refractivity contribution in [2.45, 2.75) is 13.0 Å². The van der Waals surface area contributed by atoms with E-state index in [1.54, 1.807) is 36.7 Å². The number of hydrogen-bond donors (Lipinski definition) is 3. The number of aromatic nitrogens is 1. The van der Waals surface area contributed by atoms with Crippen molar-refractivity contribution in [3.05, 3.63) is 45.9 Å². The van der Waals surface area contributed by atoms with Gasteiger partial charge in [-0.15, -0.1) is 11.3 Å². The fourth-order valence-corrected chi connectivity index (χ4v) is 2.34. The van der Waals surface area contributed by atoms with E-state index in [4.69, 9.17) is 5.73 Å². The van der Waals surface area contributed by atoms with Crippen LogP contribution in [0.1, 0.15) is 21.1 Å². The van der Waals surface area contributed by atoms with Gasteiger partial charge in [0.15, 0.2) is 0 Å². The summed E-state index contributed by atoms with van der Waals surface area (Å²) in [6.07, 6.45) is 0.316. The molecule has 0 bridgehead atoms. The van der Waals surface area contributed by atoms with Crippen LogP contribution in [0.5, 0.6) is 0 Å². The second kappa shape index (κ2) is 6.96. The van der Waals surface area contributed by atoms with Crippen LogP contribution in [0.15, 0.2) is 29.6 Å². The van der Waals surface area contributed by atoms with E-state index in [2.05, 4.69) is 15.6 Å². The fraction of sp³-hybridized carbons (Fsp3) is 0.214. The number of nitrogens with two attached hydrogens (primary N) is 1. The maximum atomic E-state index is 12.0. The molecule has 0 fully saturated rings. The number of amides is 2. The van der Waals surface area contributed by atoms with Crippen molar-refractivity contribution in [1.29, 1.82) is 0 Å². The lowest BCUT2D eigenvalue weighted by atomic mass is 10.1. The highest BCUT2D eigenvalue weighted by Crippen LogP contribution is 2.14. The Morgan fingerprint density at radius 2 is 2.00 bits per heavy atom. The molecule has 0 aliphatic rings. The monoisotopic (exact) mass is 304 g/mol.